The maximum absolute atomic E-state index is 12.6. The van der Waals surface area contributed by atoms with Gasteiger partial charge in [-0.15, -0.1) is 0 Å². The van der Waals surface area contributed by atoms with E-state index in [0.717, 1.165) is 0 Å². The summed E-state index contributed by atoms with van der Waals surface area (Å²) in [5.41, 5.74) is -0.0172. The summed E-state index contributed by atoms with van der Waals surface area (Å²) in [5, 5.41) is 2.77. The number of hydrogen-bond acceptors (Lipinski definition) is 5. The lowest BCUT2D eigenvalue weighted by molar-refractivity contribution is -0.128. The Bertz CT molecular complexity index is 795. The second-order valence-corrected chi connectivity index (χ2v) is 5.81. The minimum atomic E-state index is -1.11. The number of benzene rings is 1. The van der Waals surface area contributed by atoms with Crippen LogP contribution < -0.4 is 10.2 Å². The quantitative estimate of drug-likeness (QED) is 0.873. The van der Waals surface area contributed by atoms with Crippen LogP contribution in [0.15, 0.2) is 47.1 Å². The molecule has 2 amide bonds. The van der Waals surface area contributed by atoms with Gasteiger partial charge in [-0.25, -0.2) is 4.79 Å². The van der Waals surface area contributed by atoms with Gasteiger partial charge >= 0.3 is 5.97 Å². The Morgan fingerprint density at radius 3 is 2.67 bits per heavy atom. The number of hydrogen-bond donors (Lipinski definition) is 1. The van der Waals surface area contributed by atoms with Gasteiger partial charge in [0, 0.05) is 0 Å². The van der Waals surface area contributed by atoms with E-state index in [4.69, 9.17) is 9.15 Å². The fourth-order valence-corrected chi connectivity index (χ4v) is 2.56. The highest BCUT2D eigenvalue weighted by Gasteiger charge is 2.43. The number of esters is 1. The third-order valence-electron chi connectivity index (χ3n) is 3.81. The zero-order valence-corrected chi connectivity index (χ0v) is 13.2. The van der Waals surface area contributed by atoms with Crippen molar-refractivity contribution in [2.75, 3.05) is 16.8 Å². The normalized spacial score (nSPS) is 15.4. The maximum atomic E-state index is 12.6. The van der Waals surface area contributed by atoms with Crippen LogP contribution >= 0.6 is 0 Å². The number of anilines is 2. The summed E-state index contributed by atoms with van der Waals surface area (Å²) in [5.74, 6) is -1.53. The van der Waals surface area contributed by atoms with Crippen molar-refractivity contribution in [2.24, 2.45) is 0 Å². The summed E-state index contributed by atoms with van der Waals surface area (Å²) in [6.07, 6.45) is 1.34. The summed E-state index contributed by atoms with van der Waals surface area (Å²) in [6.45, 7) is 2.76. The standard InChI is InChI=1S/C17H16N2O5/c1-17(2)16(22)18-11-6-3-4-7-12(11)19(17)14(20)10-24-15(21)13-8-5-9-23-13/h3-9H,10H2,1-2H3,(H,18,22). The van der Waals surface area contributed by atoms with Gasteiger partial charge in [0.25, 0.3) is 5.91 Å². The van der Waals surface area contributed by atoms with E-state index in [-0.39, 0.29) is 11.7 Å². The molecule has 1 aliphatic rings. The smallest absolute Gasteiger partial charge is 0.374 e. The van der Waals surface area contributed by atoms with Gasteiger partial charge in [-0.05, 0) is 38.1 Å². The van der Waals surface area contributed by atoms with E-state index in [0.29, 0.717) is 11.4 Å². The van der Waals surface area contributed by atoms with Crippen LogP contribution in [0.5, 0.6) is 0 Å². The van der Waals surface area contributed by atoms with Gasteiger partial charge in [0.15, 0.2) is 6.61 Å². The molecule has 1 aromatic heterocycles. The van der Waals surface area contributed by atoms with Crippen molar-refractivity contribution >= 4 is 29.2 Å². The Morgan fingerprint density at radius 1 is 1.21 bits per heavy atom. The van der Waals surface area contributed by atoms with Crippen LogP contribution in [0.3, 0.4) is 0 Å². The largest absolute Gasteiger partial charge is 0.457 e. The van der Waals surface area contributed by atoms with Crippen molar-refractivity contribution in [3.63, 3.8) is 0 Å². The first-order valence-electron chi connectivity index (χ1n) is 7.35. The molecule has 1 N–H and O–H groups in total. The average molecular weight is 328 g/mol. The lowest BCUT2D eigenvalue weighted by Gasteiger charge is -2.41. The molecule has 3 rings (SSSR count). The topological polar surface area (TPSA) is 88.9 Å². The van der Waals surface area contributed by atoms with Crippen molar-refractivity contribution in [1.82, 2.24) is 0 Å². The van der Waals surface area contributed by atoms with Gasteiger partial charge in [0.1, 0.15) is 5.54 Å². The molecule has 0 atom stereocenters. The molecule has 0 bridgehead atoms. The summed E-state index contributed by atoms with van der Waals surface area (Å²) in [4.78, 5) is 38.1. The number of amides is 2. The van der Waals surface area contributed by atoms with Crippen molar-refractivity contribution in [1.29, 1.82) is 0 Å². The van der Waals surface area contributed by atoms with Gasteiger partial charge in [0.05, 0.1) is 17.6 Å². The first kappa shape index (κ1) is 15.8. The number of furan rings is 1. The molecular weight excluding hydrogens is 312 g/mol. The maximum Gasteiger partial charge on any atom is 0.374 e. The second kappa shape index (κ2) is 5.84. The molecular formula is C17H16N2O5. The molecule has 7 heteroatoms. The Morgan fingerprint density at radius 2 is 1.96 bits per heavy atom. The molecule has 0 spiro atoms. The number of rotatable bonds is 3. The van der Waals surface area contributed by atoms with Crippen LogP contribution in [0.25, 0.3) is 0 Å². The fraction of sp³-hybridized carbons (Fsp3) is 0.235. The van der Waals surface area contributed by atoms with Crippen molar-refractivity contribution in [3.05, 3.63) is 48.4 Å². The second-order valence-electron chi connectivity index (χ2n) is 5.81. The SMILES string of the molecule is CC1(C)C(=O)Nc2ccccc2N1C(=O)COC(=O)c1ccco1. The van der Waals surface area contributed by atoms with Crippen molar-refractivity contribution < 1.29 is 23.5 Å². The Hall–Kier alpha value is -3.09. The minimum Gasteiger partial charge on any atom is -0.457 e. The predicted octanol–water partition coefficient (Wildman–Crippen LogP) is 2.20. The number of carbonyl (C=O) groups excluding carboxylic acids is 3. The van der Waals surface area contributed by atoms with Gasteiger partial charge in [-0.2, -0.15) is 0 Å². The molecule has 1 aliphatic heterocycles. The molecule has 0 saturated carbocycles. The molecule has 0 aliphatic carbocycles. The van der Waals surface area contributed by atoms with Crippen LogP contribution in [0, 0.1) is 0 Å². The molecule has 0 fully saturated rings. The number of nitrogens with one attached hydrogen (secondary N) is 1. The van der Waals surface area contributed by atoms with Crippen molar-refractivity contribution in [3.8, 4) is 0 Å². The highest BCUT2D eigenvalue weighted by Crippen LogP contribution is 2.36. The van der Waals surface area contributed by atoms with Gasteiger partial charge in [-0.3, -0.25) is 14.5 Å². The molecule has 124 valence electrons. The van der Waals surface area contributed by atoms with E-state index in [1.54, 1.807) is 44.2 Å². The third kappa shape index (κ3) is 2.64. The van der Waals surface area contributed by atoms with Crippen molar-refractivity contribution in [2.45, 2.75) is 19.4 Å². The number of ether oxygens (including phenoxy) is 1. The third-order valence-corrected chi connectivity index (χ3v) is 3.81. The molecule has 0 saturated heterocycles. The van der Waals surface area contributed by atoms with Crippen LogP contribution in [-0.4, -0.2) is 29.9 Å². The molecule has 1 aromatic carbocycles. The molecule has 0 unspecified atom stereocenters. The Balaban J connectivity index is 1.82. The van der Waals surface area contributed by atoms with Gasteiger partial charge in [0.2, 0.25) is 11.7 Å². The lowest BCUT2D eigenvalue weighted by atomic mass is 9.96. The number of fused-ring (bicyclic) bond motifs is 1. The molecule has 0 radical (unpaired) electrons. The number of nitrogens with zero attached hydrogens (tertiary/aromatic N) is 1. The number of carbonyl (C=O) groups is 3. The summed E-state index contributed by atoms with van der Waals surface area (Å²) >= 11 is 0. The zero-order chi connectivity index (χ0) is 17.3. The molecule has 2 heterocycles. The van der Waals surface area contributed by atoms with Gasteiger partial charge in [-0.1, -0.05) is 12.1 Å². The van der Waals surface area contributed by atoms with E-state index in [1.807, 2.05) is 0 Å². The summed E-state index contributed by atoms with van der Waals surface area (Å²) in [7, 11) is 0. The van der Waals surface area contributed by atoms with Crippen LogP contribution in [0.1, 0.15) is 24.4 Å². The summed E-state index contributed by atoms with van der Waals surface area (Å²) < 4.78 is 9.91. The molecule has 2 aromatic rings. The average Bonchev–Trinajstić information content (AvgIpc) is 3.08. The Kier molecular flexibility index (Phi) is 3.84. The van der Waals surface area contributed by atoms with E-state index in [9.17, 15) is 14.4 Å². The molecule has 7 nitrogen and oxygen atoms in total. The Labute approximate surface area is 138 Å². The van der Waals surface area contributed by atoms with E-state index < -0.39 is 24.0 Å². The molecule has 24 heavy (non-hydrogen) atoms. The van der Waals surface area contributed by atoms with Gasteiger partial charge < -0.3 is 14.5 Å². The van der Waals surface area contributed by atoms with E-state index in [2.05, 4.69) is 5.32 Å². The van der Waals surface area contributed by atoms with Crippen LogP contribution in [-0.2, 0) is 14.3 Å². The van der Waals surface area contributed by atoms with Crippen LogP contribution in [0.4, 0.5) is 11.4 Å². The van der Waals surface area contributed by atoms with Crippen LogP contribution in [0.2, 0.25) is 0 Å². The lowest BCUT2D eigenvalue weighted by Crippen LogP contribution is -2.59. The summed E-state index contributed by atoms with van der Waals surface area (Å²) in [6, 6.07) is 9.95. The van der Waals surface area contributed by atoms with E-state index >= 15 is 0 Å². The monoisotopic (exact) mass is 328 g/mol. The minimum absolute atomic E-state index is 0.0128. The fourth-order valence-electron chi connectivity index (χ4n) is 2.56. The van der Waals surface area contributed by atoms with E-state index in [1.165, 1.54) is 17.2 Å². The predicted molar refractivity (Wildman–Crippen MR) is 85.6 cm³/mol. The number of para-hydroxylation sites is 2. The highest BCUT2D eigenvalue weighted by atomic mass is 16.5. The zero-order valence-electron chi connectivity index (χ0n) is 13.2. The first-order chi connectivity index (χ1) is 11.4. The highest BCUT2D eigenvalue weighted by molar-refractivity contribution is 6.14. The first-order valence-corrected chi connectivity index (χ1v) is 7.35.